The van der Waals surface area contributed by atoms with E-state index < -0.39 is 5.60 Å². The number of ether oxygens (including phenoxy) is 1. The summed E-state index contributed by atoms with van der Waals surface area (Å²) in [5.74, 6) is 0.590. The highest BCUT2D eigenvalue weighted by Gasteiger charge is 2.66. The van der Waals surface area contributed by atoms with Crippen LogP contribution in [0.15, 0.2) is 30.3 Å². The number of nitrogens with zero attached hydrogens (tertiary/aromatic N) is 1. The van der Waals surface area contributed by atoms with Crippen molar-refractivity contribution >= 4 is 6.09 Å². The van der Waals surface area contributed by atoms with Crippen LogP contribution in [-0.4, -0.2) is 29.2 Å². The SMILES string of the molecule is C[C@H]1N(C(=O)OC(C)(C)C)CC2C[C@@]21c1ccccc1. The standard InChI is InChI=1S/C17H23NO2/c1-12-17(13-8-6-5-7-9-13)10-14(17)11-18(12)15(19)20-16(2,3)4/h5-9,12,14H,10-11H2,1-4H3/t12-,14?,17-/m1/s1. The zero-order chi connectivity index (χ0) is 14.5. The van der Waals surface area contributed by atoms with E-state index in [9.17, 15) is 4.79 Å². The quantitative estimate of drug-likeness (QED) is 0.782. The largest absolute Gasteiger partial charge is 0.444 e. The van der Waals surface area contributed by atoms with Crippen molar-refractivity contribution in [3.8, 4) is 0 Å². The van der Waals surface area contributed by atoms with Gasteiger partial charge in [-0.15, -0.1) is 0 Å². The van der Waals surface area contributed by atoms with E-state index in [1.165, 1.54) is 12.0 Å². The van der Waals surface area contributed by atoms with E-state index in [0.717, 1.165) is 6.54 Å². The van der Waals surface area contributed by atoms with E-state index in [1.54, 1.807) is 0 Å². The number of hydrogen-bond acceptors (Lipinski definition) is 2. The summed E-state index contributed by atoms with van der Waals surface area (Å²) in [6.45, 7) is 8.73. The fraction of sp³-hybridized carbons (Fsp3) is 0.588. The molecule has 3 rings (SSSR count). The highest BCUT2D eigenvalue weighted by atomic mass is 16.6. The molecule has 1 amide bonds. The van der Waals surface area contributed by atoms with Gasteiger partial charge in [-0.2, -0.15) is 0 Å². The van der Waals surface area contributed by atoms with Crippen molar-refractivity contribution in [2.24, 2.45) is 5.92 Å². The molecule has 3 atom stereocenters. The van der Waals surface area contributed by atoms with Gasteiger partial charge < -0.3 is 9.64 Å². The molecule has 1 saturated heterocycles. The van der Waals surface area contributed by atoms with E-state index in [2.05, 4.69) is 31.2 Å². The molecule has 0 radical (unpaired) electrons. The monoisotopic (exact) mass is 273 g/mol. The molecule has 2 fully saturated rings. The summed E-state index contributed by atoms with van der Waals surface area (Å²) in [5.41, 5.74) is 1.10. The van der Waals surface area contributed by atoms with E-state index in [4.69, 9.17) is 4.74 Å². The predicted octanol–water partition coefficient (Wildman–Crippen LogP) is 3.58. The number of piperidine rings is 1. The number of fused-ring (bicyclic) bond motifs is 1. The maximum absolute atomic E-state index is 12.3. The van der Waals surface area contributed by atoms with Crippen molar-refractivity contribution in [3.05, 3.63) is 35.9 Å². The van der Waals surface area contributed by atoms with Gasteiger partial charge in [0.25, 0.3) is 0 Å². The minimum Gasteiger partial charge on any atom is -0.444 e. The summed E-state index contributed by atoms with van der Waals surface area (Å²) in [5, 5.41) is 0. The van der Waals surface area contributed by atoms with Crippen molar-refractivity contribution in [3.63, 3.8) is 0 Å². The Labute approximate surface area is 120 Å². The predicted molar refractivity (Wildman–Crippen MR) is 78.6 cm³/mol. The van der Waals surface area contributed by atoms with Crippen LogP contribution in [0.25, 0.3) is 0 Å². The van der Waals surface area contributed by atoms with Crippen LogP contribution < -0.4 is 0 Å². The van der Waals surface area contributed by atoms with Crippen LogP contribution >= 0.6 is 0 Å². The number of hydrogen-bond donors (Lipinski definition) is 0. The van der Waals surface area contributed by atoms with Crippen LogP contribution in [0.5, 0.6) is 0 Å². The van der Waals surface area contributed by atoms with E-state index in [0.29, 0.717) is 5.92 Å². The van der Waals surface area contributed by atoms with Gasteiger partial charge in [0.15, 0.2) is 0 Å². The first kappa shape index (κ1) is 13.5. The first-order chi connectivity index (χ1) is 9.34. The van der Waals surface area contributed by atoms with Crippen molar-refractivity contribution in [2.45, 2.75) is 51.2 Å². The zero-order valence-corrected chi connectivity index (χ0v) is 12.7. The van der Waals surface area contributed by atoms with Gasteiger partial charge in [0, 0.05) is 18.0 Å². The minimum absolute atomic E-state index is 0.165. The van der Waals surface area contributed by atoms with Gasteiger partial charge in [-0.25, -0.2) is 4.79 Å². The molecule has 1 aromatic carbocycles. The molecule has 108 valence electrons. The molecule has 0 spiro atoms. The maximum atomic E-state index is 12.3. The van der Waals surface area contributed by atoms with Crippen molar-refractivity contribution in [1.82, 2.24) is 4.90 Å². The number of carbonyl (C=O) groups excluding carboxylic acids is 1. The molecular formula is C17H23NO2. The molecule has 1 saturated carbocycles. The van der Waals surface area contributed by atoms with Gasteiger partial charge >= 0.3 is 6.09 Å². The van der Waals surface area contributed by atoms with Crippen LogP contribution in [0, 0.1) is 5.92 Å². The van der Waals surface area contributed by atoms with E-state index in [1.807, 2.05) is 31.7 Å². The van der Waals surface area contributed by atoms with Crippen LogP contribution in [0.1, 0.15) is 39.7 Å². The van der Waals surface area contributed by atoms with Crippen LogP contribution in [-0.2, 0) is 10.2 Å². The van der Waals surface area contributed by atoms with Gasteiger partial charge in [0.2, 0.25) is 0 Å². The lowest BCUT2D eigenvalue weighted by Crippen LogP contribution is -2.43. The number of rotatable bonds is 1. The van der Waals surface area contributed by atoms with Gasteiger partial charge in [0.1, 0.15) is 5.60 Å². The highest BCUT2D eigenvalue weighted by Crippen LogP contribution is 2.62. The fourth-order valence-electron chi connectivity index (χ4n) is 3.66. The third-order valence-corrected chi connectivity index (χ3v) is 4.72. The number of likely N-dealkylation sites (tertiary alicyclic amines) is 1. The third-order valence-electron chi connectivity index (χ3n) is 4.72. The highest BCUT2D eigenvalue weighted by molar-refractivity contribution is 5.70. The molecule has 3 nitrogen and oxygen atoms in total. The summed E-state index contributed by atoms with van der Waals surface area (Å²) >= 11 is 0. The summed E-state index contributed by atoms with van der Waals surface area (Å²) in [6, 6.07) is 10.8. The smallest absolute Gasteiger partial charge is 0.410 e. The Morgan fingerprint density at radius 2 is 1.95 bits per heavy atom. The average Bonchev–Trinajstić information content (AvgIpc) is 3.03. The maximum Gasteiger partial charge on any atom is 0.410 e. The first-order valence-electron chi connectivity index (χ1n) is 7.40. The summed E-state index contributed by atoms with van der Waals surface area (Å²) in [6.07, 6.45) is 1.02. The molecule has 0 aromatic heterocycles. The normalized spacial score (nSPS) is 31.9. The first-order valence-corrected chi connectivity index (χ1v) is 7.40. The Morgan fingerprint density at radius 3 is 2.55 bits per heavy atom. The number of amides is 1. The van der Waals surface area contributed by atoms with Crippen molar-refractivity contribution in [2.75, 3.05) is 6.54 Å². The second-order valence-corrected chi connectivity index (χ2v) is 7.12. The van der Waals surface area contributed by atoms with Crippen LogP contribution in [0.4, 0.5) is 4.79 Å². The second-order valence-electron chi connectivity index (χ2n) is 7.12. The minimum atomic E-state index is -0.427. The summed E-state index contributed by atoms with van der Waals surface area (Å²) in [4.78, 5) is 14.2. The molecule has 2 aliphatic rings. The number of benzene rings is 1. The lowest BCUT2D eigenvalue weighted by atomic mass is 9.89. The van der Waals surface area contributed by atoms with Gasteiger partial charge in [-0.1, -0.05) is 30.3 Å². The lowest BCUT2D eigenvalue weighted by molar-refractivity contribution is 0.0200. The molecule has 20 heavy (non-hydrogen) atoms. The topological polar surface area (TPSA) is 29.5 Å². The van der Waals surface area contributed by atoms with Crippen molar-refractivity contribution < 1.29 is 9.53 Å². The Morgan fingerprint density at radius 1 is 1.30 bits per heavy atom. The second kappa shape index (κ2) is 4.24. The average molecular weight is 273 g/mol. The lowest BCUT2D eigenvalue weighted by Gasteiger charge is -2.31. The molecule has 1 aliphatic heterocycles. The molecule has 1 unspecified atom stereocenters. The molecule has 1 heterocycles. The Kier molecular flexibility index (Phi) is 2.86. The van der Waals surface area contributed by atoms with Crippen LogP contribution in [0.2, 0.25) is 0 Å². The molecule has 0 bridgehead atoms. The Hall–Kier alpha value is -1.51. The van der Waals surface area contributed by atoms with Gasteiger partial charge in [-0.3, -0.25) is 0 Å². The Balaban J connectivity index is 1.79. The van der Waals surface area contributed by atoms with Crippen molar-refractivity contribution in [1.29, 1.82) is 0 Å². The fourth-order valence-corrected chi connectivity index (χ4v) is 3.66. The molecule has 3 heteroatoms. The molecular weight excluding hydrogens is 250 g/mol. The zero-order valence-electron chi connectivity index (χ0n) is 12.7. The summed E-state index contributed by atoms with van der Waals surface area (Å²) in [7, 11) is 0. The molecule has 1 aromatic rings. The van der Waals surface area contributed by atoms with Gasteiger partial charge in [-0.05, 0) is 45.6 Å². The number of carbonyl (C=O) groups is 1. The molecule has 1 aliphatic carbocycles. The van der Waals surface area contributed by atoms with E-state index in [-0.39, 0.29) is 17.6 Å². The third kappa shape index (κ3) is 2.00. The summed E-state index contributed by atoms with van der Waals surface area (Å²) < 4.78 is 5.53. The molecule has 0 N–H and O–H groups in total. The van der Waals surface area contributed by atoms with Crippen LogP contribution in [0.3, 0.4) is 0 Å². The Bertz CT molecular complexity index is 520. The van der Waals surface area contributed by atoms with Gasteiger partial charge in [0.05, 0.1) is 0 Å². The van der Waals surface area contributed by atoms with E-state index >= 15 is 0 Å².